The Bertz CT molecular complexity index is 870. The second-order valence-corrected chi connectivity index (χ2v) is 6.38. The summed E-state index contributed by atoms with van der Waals surface area (Å²) >= 11 is 2.61. The number of carbonyl (C=O) groups is 1. The quantitative estimate of drug-likeness (QED) is 0.571. The lowest BCUT2D eigenvalue weighted by Gasteiger charge is -2.01. The molecule has 3 aromatic rings. The van der Waals surface area contributed by atoms with E-state index in [2.05, 4.69) is 9.97 Å². The maximum Gasteiger partial charge on any atom is 0.345 e. The number of rotatable bonds is 4. The molecule has 0 saturated carbocycles. The second kappa shape index (κ2) is 5.71. The predicted octanol–water partition coefficient (Wildman–Crippen LogP) is 2.98. The molecule has 2 heterocycles. The Kier molecular flexibility index (Phi) is 3.76. The molecule has 5 nitrogen and oxygen atoms in total. The fraction of sp³-hybridized carbons (Fsp3) is 0.0714. The van der Waals surface area contributed by atoms with E-state index in [4.69, 9.17) is 5.11 Å². The van der Waals surface area contributed by atoms with Crippen LogP contribution in [-0.2, 0) is 5.75 Å². The minimum Gasteiger partial charge on any atom is -0.477 e. The molecule has 106 valence electrons. The topological polar surface area (TPSA) is 83.0 Å². The van der Waals surface area contributed by atoms with Gasteiger partial charge in [0.25, 0.3) is 5.56 Å². The van der Waals surface area contributed by atoms with Crippen molar-refractivity contribution < 1.29 is 9.90 Å². The molecule has 0 fully saturated rings. The highest BCUT2D eigenvalue weighted by molar-refractivity contribution is 7.98. The molecule has 21 heavy (non-hydrogen) atoms. The summed E-state index contributed by atoms with van der Waals surface area (Å²) in [5.41, 5.74) is 0.488. The van der Waals surface area contributed by atoms with Crippen molar-refractivity contribution in [3.05, 3.63) is 56.5 Å². The molecule has 0 aliphatic rings. The van der Waals surface area contributed by atoms with Crippen molar-refractivity contribution in [1.82, 2.24) is 9.97 Å². The number of para-hydroxylation sites is 1. The van der Waals surface area contributed by atoms with Gasteiger partial charge in [-0.2, -0.15) is 0 Å². The Labute approximate surface area is 127 Å². The van der Waals surface area contributed by atoms with Gasteiger partial charge >= 0.3 is 5.97 Å². The number of carboxylic acid groups (broad SMARTS) is 1. The summed E-state index contributed by atoms with van der Waals surface area (Å²) in [7, 11) is 0. The van der Waals surface area contributed by atoms with Gasteiger partial charge in [0.1, 0.15) is 4.88 Å². The number of hydrogen-bond donors (Lipinski definition) is 2. The number of aromatic amines is 1. The fourth-order valence-corrected chi connectivity index (χ4v) is 3.60. The minimum absolute atomic E-state index is 0.166. The standard InChI is InChI=1S/C14H10N2O3S2/c17-12-9-3-1-2-4-10(9)15-14(16-12)20-7-8-5-6-11(21-8)13(18)19/h1-6H,7H2,(H,18,19)(H,15,16,17). The number of nitrogens with one attached hydrogen (secondary N) is 1. The predicted molar refractivity (Wildman–Crippen MR) is 83.2 cm³/mol. The van der Waals surface area contributed by atoms with Gasteiger partial charge in [0.2, 0.25) is 0 Å². The maximum atomic E-state index is 11.9. The van der Waals surface area contributed by atoms with Crippen LogP contribution in [0.1, 0.15) is 14.5 Å². The van der Waals surface area contributed by atoms with Gasteiger partial charge in [-0.05, 0) is 24.3 Å². The van der Waals surface area contributed by atoms with Crippen LogP contribution in [0.3, 0.4) is 0 Å². The lowest BCUT2D eigenvalue weighted by Crippen LogP contribution is -2.08. The number of thiophene rings is 1. The van der Waals surface area contributed by atoms with Gasteiger partial charge in [0, 0.05) is 10.6 Å². The monoisotopic (exact) mass is 318 g/mol. The van der Waals surface area contributed by atoms with Crippen molar-refractivity contribution in [2.75, 3.05) is 0 Å². The number of aromatic carboxylic acids is 1. The first kappa shape index (κ1) is 13.8. The van der Waals surface area contributed by atoms with Crippen molar-refractivity contribution in [3.63, 3.8) is 0 Å². The summed E-state index contributed by atoms with van der Waals surface area (Å²) in [6.45, 7) is 0. The van der Waals surface area contributed by atoms with Crippen LogP contribution in [0.15, 0.2) is 46.3 Å². The van der Waals surface area contributed by atoms with E-state index >= 15 is 0 Å². The zero-order chi connectivity index (χ0) is 14.8. The van der Waals surface area contributed by atoms with Crippen molar-refractivity contribution in [3.8, 4) is 0 Å². The summed E-state index contributed by atoms with van der Waals surface area (Å²) < 4.78 is 0. The van der Waals surface area contributed by atoms with Crippen LogP contribution in [0.5, 0.6) is 0 Å². The van der Waals surface area contributed by atoms with Crippen LogP contribution >= 0.6 is 23.1 Å². The molecule has 0 saturated heterocycles. The molecular formula is C14H10N2O3S2. The third-order valence-corrected chi connectivity index (χ3v) is 4.99. The van der Waals surface area contributed by atoms with E-state index in [0.717, 1.165) is 4.88 Å². The number of thioether (sulfide) groups is 1. The second-order valence-electron chi connectivity index (χ2n) is 4.25. The van der Waals surface area contributed by atoms with E-state index < -0.39 is 5.97 Å². The third kappa shape index (κ3) is 2.98. The molecule has 0 aliphatic carbocycles. The first-order chi connectivity index (χ1) is 10.1. The van der Waals surface area contributed by atoms with Gasteiger partial charge < -0.3 is 10.1 Å². The van der Waals surface area contributed by atoms with E-state index in [1.54, 1.807) is 30.3 Å². The Morgan fingerprint density at radius 1 is 1.29 bits per heavy atom. The molecule has 1 aromatic carbocycles. The first-order valence-corrected chi connectivity index (χ1v) is 7.87. The maximum absolute atomic E-state index is 11.9. The van der Waals surface area contributed by atoms with E-state index in [1.165, 1.54) is 23.1 Å². The van der Waals surface area contributed by atoms with E-state index in [1.807, 2.05) is 6.07 Å². The first-order valence-electron chi connectivity index (χ1n) is 6.07. The minimum atomic E-state index is -0.923. The molecule has 0 radical (unpaired) electrons. The Morgan fingerprint density at radius 3 is 2.86 bits per heavy atom. The van der Waals surface area contributed by atoms with Gasteiger partial charge in [-0.25, -0.2) is 9.78 Å². The average molecular weight is 318 g/mol. The molecule has 3 rings (SSSR count). The summed E-state index contributed by atoms with van der Waals surface area (Å²) in [6, 6.07) is 10.5. The van der Waals surface area contributed by atoms with Crippen molar-refractivity contribution in [2.45, 2.75) is 10.9 Å². The smallest absolute Gasteiger partial charge is 0.345 e. The van der Waals surface area contributed by atoms with Crippen LogP contribution in [0.25, 0.3) is 10.9 Å². The highest BCUT2D eigenvalue weighted by Crippen LogP contribution is 2.25. The summed E-state index contributed by atoms with van der Waals surface area (Å²) in [6.07, 6.45) is 0. The van der Waals surface area contributed by atoms with Crippen LogP contribution < -0.4 is 5.56 Å². The number of aromatic nitrogens is 2. The highest BCUT2D eigenvalue weighted by atomic mass is 32.2. The molecule has 2 aromatic heterocycles. The molecule has 0 spiro atoms. The Balaban J connectivity index is 1.81. The SMILES string of the molecule is O=C(O)c1ccc(CSc2nc3ccccc3c(=O)[nH]2)s1. The number of fused-ring (bicyclic) bond motifs is 1. The molecule has 0 aliphatic heterocycles. The summed E-state index contributed by atoms with van der Waals surface area (Å²) in [4.78, 5) is 31.1. The Hall–Kier alpha value is -2.12. The van der Waals surface area contributed by atoms with Crippen molar-refractivity contribution >= 4 is 40.0 Å². The molecular weight excluding hydrogens is 308 g/mol. The normalized spacial score (nSPS) is 10.9. The molecule has 2 N–H and O–H groups in total. The zero-order valence-corrected chi connectivity index (χ0v) is 12.3. The van der Waals surface area contributed by atoms with Crippen LogP contribution in [0, 0.1) is 0 Å². The average Bonchev–Trinajstić information content (AvgIpc) is 2.94. The lowest BCUT2D eigenvalue weighted by molar-refractivity contribution is 0.0702. The van der Waals surface area contributed by atoms with Crippen molar-refractivity contribution in [1.29, 1.82) is 0 Å². The van der Waals surface area contributed by atoms with E-state index in [0.29, 0.717) is 26.7 Å². The number of carboxylic acids is 1. The van der Waals surface area contributed by atoms with E-state index in [9.17, 15) is 9.59 Å². The van der Waals surface area contributed by atoms with Gasteiger partial charge in [-0.1, -0.05) is 23.9 Å². The van der Waals surface area contributed by atoms with Crippen LogP contribution in [0.2, 0.25) is 0 Å². The molecule has 0 bridgehead atoms. The molecule has 7 heteroatoms. The lowest BCUT2D eigenvalue weighted by atomic mass is 10.2. The number of nitrogens with zero attached hydrogens (tertiary/aromatic N) is 1. The van der Waals surface area contributed by atoms with Gasteiger partial charge in [-0.3, -0.25) is 4.79 Å². The summed E-state index contributed by atoms with van der Waals surface area (Å²) in [5, 5.41) is 9.97. The highest BCUT2D eigenvalue weighted by Gasteiger charge is 2.08. The third-order valence-electron chi connectivity index (χ3n) is 2.81. The number of H-pyrrole nitrogens is 1. The fourth-order valence-electron chi connectivity index (χ4n) is 1.84. The van der Waals surface area contributed by atoms with E-state index in [-0.39, 0.29) is 5.56 Å². The largest absolute Gasteiger partial charge is 0.477 e. The molecule has 0 unspecified atom stereocenters. The van der Waals surface area contributed by atoms with Gasteiger partial charge in [0.05, 0.1) is 10.9 Å². The molecule has 0 amide bonds. The zero-order valence-electron chi connectivity index (χ0n) is 10.7. The van der Waals surface area contributed by atoms with Gasteiger partial charge in [-0.15, -0.1) is 11.3 Å². The number of benzene rings is 1. The Morgan fingerprint density at radius 2 is 2.10 bits per heavy atom. The number of hydrogen-bond acceptors (Lipinski definition) is 5. The van der Waals surface area contributed by atoms with Crippen molar-refractivity contribution in [2.24, 2.45) is 0 Å². The molecule has 0 atom stereocenters. The van der Waals surface area contributed by atoms with Crippen LogP contribution in [0.4, 0.5) is 0 Å². The van der Waals surface area contributed by atoms with Crippen LogP contribution in [-0.4, -0.2) is 21.0 Å². The summed E-state index contributed by atoms with van der Waals surface area (Å²) in [5.74, 6) is -0.354. The van der Waals surface area contributed by atoms with Gasteiger partial charge in [0.15, 0.2) is 5.16 Å².